The molecule has 0 aromatic rings. The van der Waals surface area contributed by atoms with Crippen LogP contribution in [0.5, 0.6) is 0 Å². The van der Waals surface area contributed by atoms with Crippen molar-refractivity contribution in [1.29, 1.82) is 0 Å². The molecule has 1 amide bonds. The molecule has 4 nitrogen and oxygen atoms in total. The molecule has 0 bridgehead atoms. The summed E-state index contributed by atoms with van der Waals surface area (Å²) in [7, 11) is 3.64. The number of piperidine rings is 1. The predicted molar refractivity (Wildman–Crippen MR) is 66.4 cm³/mol. The number of carbonyl (C=O) groups is 1. The molecule has 1 fully saturated rings. The summed E-state index contributed by atoms with van der Waals surface area (Å²) in [6.07, 6.45) is 3.61. The van der Waals surface area contributed by atoms with Crippen molar-refractivity contribution in [3.05, 3.63) is 0 Å². The summed E-state index contributed by atoms with van der Waals surface area (Å²) in [5.74, 6) is 0.205. The molecule has 0 spiro atoms. The van der Waals surface area contributed by atoms with Crippen LogP contribution >= 0.6 is 0 Å². The van der Waals surface area contributed by atoms with Gasteiger partial charge in [-0.3, -0.25) is 9.69 Å². The van der Waals surface area contributed by atoms with Crippen molar-refractivity contribution in [3.8, 4) is 0 Å². The SMILES string of the molecule is CCCNC1CCCN(CC(=O)N(C)C)C1. The van der Waals surface area contributed by atoms with Crippen LogP contribution in [0.25, 0.3) is 0 Å². The minimum Gasteiger partial charge on any atom is -0.348 e. The van der Waals surface area contributed by atoms with Gasteiger partial charge in [0.15, 0.2) is 0 Å². The van der Waals surface area contributed by atoms with Crippen LogP contribution in [0.1, 0.15) is 26.2 Å². The van der Waals surface area contributed by atoms with E-state index in [1.54, 1.807) is 4.90 Å². The Morgan fingerprint density at radius 3 is 2.88 bits per heavy atom. The zero-order valence-corrected chi connectivity index (χ0v) is 10.8. The lowest BCUT2D eigenvalue weighted by molar-refractivity contribution is -0.130. The Morgan fingerprint density at radius 1 is 1.50 bits per heavy atom. The maximum absolute atomic E-state index is 11.6. The third kappa shape index (κ3) is 4.49. The van der Waals surface area contributed by atoms with Crippen molar-refractivity contribution in [1.82, 2.24) is 15.1 Å². The smallest absolute Gasteiger partial charge is 0.236 e. The van der Waals surface area contributed by atoms with Gasteiger partial charge < -0.3 is 10.2 Å². The van der Waals surface area contributed by atoms with Crippen molar-refractivity contribution in [2.24, 2.45) is 0 Å². The van der Waals surface area contributed by atoms with E-state index in [1.807, 2.05) is 14.1 Å². The van der Waals surface area contributed by atoms with Gasteiger partial charge in [0.2, 0.25) is 5.91 Å². The fourth-order valence-corrected chi connectivity index (χ4v) is 2.05. The number of nitrogens with one attached hydrogen (secondary N) is 1. The molecule has 0 aliphatic carbocycles. The second-order valence-corrected chi connectivity index (χ2v) is 4.82. The third-order valence-electron chi connectivity index (χ3n) is 3.05. The van der Waals surface area contributed by atoms with E-state index in [2.05, 4.69) is 17.1 Å². The van der Waals surface area contributed by atoms with Gasteiger partial charge in [0.05, 0.1) is 6.54 Å². The largest absolute Gasteiger partial charge is 0.348 e. The maximum Gasteiger partial charge on any atom is 0.236 e. The van der Waals surface area contributed by atoms with Gasteiger partial charge in [-0.1, -0.05) is 6.92 Å². The van der Waals surface area contributed by atoms with Gasteiger partial charge in [-0.25, -0.2) is 0 Å². The van der Waals surface area contributed by atoms with Crippen LogP contribution in [0.15, 0.2) is 0 Å². The second-order valence-electron chi connectivity index (χ2n) is 4.82. The summed E-state index contributed by atoms with van der Waals surface area (Å²) in [4.78, 5) is 15.5. The first-order valence-electron chi connectivity index (χ1n) is 6.29. The lowest BCUT2D eigenvalue weighted by Gasteiger charge is -2.33. The molecule has 0 aromatic carbocycles. The van der Waals surface area contributed by atoms with Crippen molar-refractivity contribution < 1.29 is 4.79 Å². The van der Waals surface area contributed by atoms with Crippen molar-refractivity contribution in [2.75, 3.05) is 40.3 Å². The first-order valence-corrected chi connectivity index (χ1v) is 6.29. The summed E-state index contributed by atoms with van der Waals surface area (Å²) in [5, 5.41) is 3.54. The first kappa shape index (κ1) is 13.5. The van der Waals surface area contributed by atoms with Gasteiger partial charge in [0.25, 0.3) is 0 Å². The molecule has 0 saturated carbocycles. The number of hydrogen-bond donors (Lipinski definition) is 1. The van der Waals surface area contributed by atoms with Gasteiger partial charge in [0.1, 0.15) is 0 Å². The molecular formula is C12H25N3O. The van der Waals surface area contributed by atoms with E-state index < -0.39 is 0 Å². The van der Waals surface area contributed by atoms with Crippen molar-refractivity contribution in [3.63, 3.8) is 0 Å². The summed E-state index contributed by atoms with van der Waals surface area (Å²) < 4.78 is 0. The highest BCUT2D eigenvalue weighted by Gasteiger charge is 2.21. The number of likely N-dealkylation sites (N-methyl/N-ethyl adjacent to an activating group) is 1. The van der Waals surface area contributed by atoms with Crippen LogP contribution in [0.2, 0.25) is 0 Å². The average Bonchev–Trinajstić information content (AvgIpc) is 2.26. The Bertz CT molecular complexity index is 218. The van der Waals surface area contributed by atoms with E-state index in [-0.39, 0.29) is 5.91 Å². The van der Waals surface area contributed by atoms with Crippen LogP contribution in [0.3, 0.4) is 0 Å². The minimum atomic E-state index is 0.205. The molecule has 1 aliphatic rings. The molecular weight excluding hydrogens is 202 g/mol. The van der Waals surface area contributed by atoms with E-state index >= 15 is 0 Å². The molecule has 16 heavy (non-hydrogen) atoms. The predicted octanol–water partition coefficient (Wildman–Crippen LogP) is 0.539. The lowest BCUT2D eigenvalue weighted by Crippen LogP contribution is -2.48. The lowest BCUT2D eigenvalue weighted by atomic mass is 10.1. The quantitative estimate of drug-likeness (QED) is 0.744. The van der Waals surface area contributed by atoms with Crippen molar-refractivity contribution >= 4 is 5.91 Å². The van der Waals surface area contributed by atoms with Gasteiger partial charge in [0, 0.05) is 26.7 Å². The van der Waals surface area contributed by atoms with Gasteiger partial charge in [-0.2, -0.15) is 0 Å². The highest BCUT2D eigenvalue weighted by atomic mass is 16.2. The van der Waals surface area contributed by atoms with Gasteiger partial charge in [-0.05, 0) is 32.4 Å². The molecule has 1 rings (SSSR count). The highest BCUT2D eigenvalue weighted by molar-refractivity contribution is 5.77. The van der Waals surface area contributed by atoms with E-state index in [1.165, 1.54) is 19.3 Å². The molecule has 1 saturated heterocycles. The second kappa shape index (κ2) is 6.86. The molecule has 1 aliphatic heterocycles. The normalized spacial score (nSPS) is 22.1. The first-order chi connectivity index (χ1) is 7.63. The Labute approximate surface area is 99.0 Å². The van der Waals surface area contributed by atoms with E-state index in [0.717, 1.165) is 19.6 Å². The minimum absolute atomic E-state index is 0.205. The fourth-order valence-electron chi connectivity index (χ4n) is 2.05. The summed E-state index contributed by atoms with van der Waals surface area (Å²) in [6, 6.07) is 0.573. The zero-order chi connectivity index (χ0) is 12.0. The standard InChI is InChI=1S/C12H25N3O/c1-4-7-13-11-6-5-8-15(9-11)10-12(16)14(2)3/h11,13H,4-10H2,1-3H3. The Morgan fingerprint density at radius 2 is 2.25 bits per heavy atom. The van der Waals surface area contributed by atoms with E-state index in [4.69, 9.17) is 0 Å². The summed E-state index contributed by atoms with van der Waals surface area (Å²) in [6.45, 7) is 5.91. The number of nitrogens with zero attached hydrogens (tertiary/aromatic N) is 2. The zero-order valence-electron chi connectivity index (χ0n) is 10.8. The molecule has 1 atom stereocenters. The molecule has 1 unspecified atom stereocenters. The van der Waals surface area contributed by atoms with Crippen LogP contribution < -0.4 is 5.32 Å². The number of hydrogen-bond acceptors (Lipinski definition) is 3. The van der Waals surface area contributed by atoms with Crippen LogP contribution in [0.4, 0.5) is 0 Å². The number of likely N-dealkylation sites (tertiary alicyclic amines) is 1. The molecule has 4 heteroatoms. The number of amides is 1. The van der Waals surface area contributed by atoms with Crippen LogP contribution in [-0.4, -0.2) is 62.0 Å². The maximum atomic E-state index is 11.6. The highest BCUT2D eigenvalue weighted by Crippen LogP contribution is 2.09. The molecule has 1 heterocycles. The number of rotatable bonds is 5. The van der Waals surface area contributed by atoms with Gasteiger partial charge in [-0.15, -0.1) is 0 Å². The Hall–Kier alpha value is -0.610. The Kier molecular flexibility index (Phi) is 5.77. The topological polar surface area (TPSA) is 35.6 Å². The fraction of sp³-hybridized carbons (Fsp3) is 0.917. The summed E-state index contributed by atoms with van der Waals surface area (Å²) in [5.41, 5.74) is 0. The molecule has 0 aromatic heterocycles. The van der Waals surface area contributed by atoms with Crippen LogP contribution in [-0.2, 0) is 4.79 Å². The van der Waals surface area contributed by atoms with Crippen LogP contribution in [0, 0.1) is 0 Å². The van der Waals surface area contributed by atoms with Crippen molar-refractivity contribution in [2.45, 2.75) is 32.2 Å². The Balaban J connectivity index is 2.30. The molecule has 1 N–H and O–H groups in total. The van der Waals surface area contributed by atoms with E-state index in [0.29, 0.717) is 12.6 Å². The number of carbonyl (C=O) groups excluding carboxylic acids is 1. The molecule has 0 radical (unpaired) electrons. The average molecular weight is 227 g/mol. The molecule has 94 valence electrons. The van der Waals surface area contributed by atoms with Gasteiger partial charge >= 0.3 is 0 Å². The summed E-state index contributed by atoms with van der Waals surface area (Å²) >= 11 is 0. The van der Waals surface area contributed by atoms with E-state index in [9.17, 15) is 4.79 Å². The monoisotopic (exact) mass is 227 g/mol. The third-order valence-corrected chi connectivity index (χ3v) is 3.05.